The number of carbonyl (C=O) groups excluding carboxylic acids is 2. The zero-order valence-corrected chi connectivity index (χ0v) is 22.3. The van der Waals surface area contributed by atoms with Crippen LogP contribution >= 0.6 is 22.9 Å². The number of fused-ring (bicyclic) bond motifs is 1. The summed E-state index contributed by atoms with van der Waals surface area (Å²) in [5, 5.41) is 2.68. The molecule has 0 fully saturated rings. The number of furan rings is 1. The van der Waals surface area contributed by atoms with Crippen LogP contribution in [0.2, 0.25) is 5.02 Å². The van der Waals surface area contributed by atoms with Crippen LogP contribution in [0.5, 0.6) is 5.75 Å². The van der Waals surface area contributed by atoms with Crippen LogP contribution in [-0.2, 0) is 17.8 Å². The summed E-state index contributed by atoms with van der Waals surface area (Å²) in [5.74, 6) is 0.00319. The number of benzene rings is 2. The van der Waals surface area contributed by atoms with Gasteiger partial charge in [0.25, 0.3) is 5.91 Å². The number of carbonyl (C=O) groups is 2. The van der Waals surface area contributed by atoms with Crippen LogP contribution < -0.4 is 4.74 Å². The minimum Gasteiger partial charge on any atom is -0.491 e. The van der Waals surface area contributed by atoms with Crippen molar-refractivity contribution in [3.05, 3.63) is 110 Å². The van der Waals surface area contributed by atoms with E-state index in [0.717, 1.165) is 17.5 Å². The number of amides is 2. The normalized spacial score (nSPS) is 14.7. The van der Waals surface area contributed by atoms with Gasteiger partial charge in [-0.3, -0.25) is 9.59 Å². The summed E-state index contributed by atoms with van der Waals surface area (Å²) in [6.07, 6.45) is 2.24. The molecule has 0 unspecified atom stereocenters. The molecule has 2 aromatic carbocycles. The fraction of sp³-hybridized carbons (Fsp3) is 0.241. The van der Waals surface area contributed by atoms with E-state index in [1.165, 1.54) is 40.3 Å². The SMILES string of the molecule is Cc1cc(OC[C@@H]2c3ccsc3CCN2C(=O)CN(Cc2ccco2)C(=O)c2cccc(F)c2)ccc1Cl. The van der Waals surface area contributed by atoms with Gasteiger partial charge in [0, 0.05) is 22.0 Å². The lowest BCUT2D eigenvalue weighted by Crippen LogP contribution is -2.47. The summed E-state index contributed by atoms with van der Waals surface area (Å²) in [7, 11) is 0. The van der Waals surface area contributed by atoms with Gasteiger partial charge in [0.1, 0.15) is 30.5 Å². The molecule has 0 saturated carbocycles. The number of hydrogen-bond donors (Lipinski definition) is 0. The van der Waals surface area contributed by atoms with Crippen LogP contribution in [-0.4, -0.2) is 41.3 Å². The van der Waals surface area contributed by atoms with E-state index in [1.54, 1.807) is 34.4 Å². The second-order valence-electron chi connectivity index (χ2n) is 9.12. The Morgan fingerprint density at radius 3 is 2.82 bits per heavy atom. The van der Waals surface area contributed by atoms with Crippen molar-refractivity contribution in [2.45, 2.75) is 25.9 Å². The summed E-state index contributed by atoms with van der Waals surface area (Å²) in [6.45, 7) is 2.56. The van der Waals surface area contributed by atoms with Crippen molar-refractivity contribution < 1.29 is 23.1 Å². The third-order valence-corrected chi connectivity index (χ3v) is 7.98. The van der Waals surface area contributed by atoms with Crippen LogP contribution in [0, 0.1) is 12.7 Å². The quantitative estimate of drug-likeness (QED) is 0.258. The Hall–Kier alpha value is -3.62. The van der Waals surface area contributed by atoms with Crippen molar-refractivity contribution in [2.24, 2.45) is 0 Å². The Morgan fingerprint density at radius 2 is 2.05 bits per heavy atom. The van der Waals surface area contributed by atoms with Gasteiger partial charge >= 0.3 is 0 Å². The third-order valence-electron chi connectivity index (χ3n) is 6.56. The van der Waals surface area contributed by atoms with Crippen molar-refractivity contribution in [1.82, 2.24) is 9.80 Å². The van der Waals surface area contributed by atoms with Crippen molar-refractivity contribution in [1.29, 1.82) is 0 Å². The molecule has 0 saturated heterocycles. The van der Waals surface area contributed by atoms with Crippen molar-refractivity contribution >= 4 is 34.8 Å². The summed E-state index contributed by atoms with van der Waals surface area (Å²) in [4.78, 5) is 31.5. The highest BCUT2D eigenvalue weighted by Crippen LogP contribution is 2.34. The van der Waals surface area contributed by atoms with E-state index in [2.05, 4.69) is 0 Å². The average molecular weight is 553 g/mol. The lowest BCUT2D eigenvalue weighted by molar-refractivity contribution is -0.135. The third kappa shape index (κ3) is 5.76. The highest BCUT2D eigenvalue weighted by atomic mass is 35.5. The van der Waals surface area contributed by atoms with Gasteiger partial charge in [-0.2, -0.15) is 0 Å². The van der Waals surface area contributed by atoms with Crippen LogP contribution in [0.1, 0.15) is 38.2 Å². The first-order valence-corrected chi connectivity index (χ1v) is 13.5. The molecular weight excluding hydrogens is 527 g/mol. The van der Waals surface area contributed by atoms with E-state index in [4.69, 9.17) is 20.8 Å². The Morgan fingerprint density at radius 1 is 1.18 bits per heavy atom. The van der Waals surface area contributed by atoms with E-state index in [1.807, 2.05) is 30.5 Å². The summed E-state index contributed by atoms with van der Waals surface area (Å²) in [5.41, 5.74) is 2.12. The number of thiophene rings is 1. The molecule has 0 N–H and O–H groups in total. The number of nitrogens with zero attached hydrogens (tertiary/aromatic N) is 2. The first-order valence-electron chi connectivity index (χ1n) is 12.2. The predicted octanol–water partition coefficient (Wildman–Crippen LogP) is 6.29. The van der Waals surface area contributed by atoms with Crippen molar-refractivity contribution in [3.8, 4) is 5.75 Å². The van der Waals surface area contributed by atoms with E-state index in [0.29, 0.717) is 23.1 Å². The molecule has 6 nitrogen and oxygen atoms in total. The van der Waals surface area contributed by atoms with Crippen LogP contribution in [0.15, 0.2) is 76.7 Å². The molecule has 4 aromatic rings. The van der Waals surface area contributed by atoms with Crippen molar-refractivity contribution in [3.63, 3.8) is 0 Å². The minimum atomic E-state index is -0.518. The van der Waals surface area contributed by atoms with Gasteiger partial charge in [-0.25, -0.2) is 4.39 Å². The number of hydrogen-bond acceptors (Lipinski definition) is 5. The molecule has 1 atom stereocenters. The molecule has 2 aromatic heterocycles. The molecule has 5 rings (SSSR count). The lowest BCUT2D eigenvalue weighted by atomic mass is 10.00. The molecule has 0 aliphatic carbocycles. The Labute approximate surface area is 229 Å². The van der Waals surface area contributed by atoms with Gasteiger partial charge in [-0.05, 0) is 84.4 Å². The molecule has 196 valence electrons. The number of halogens is 2. The minimum absolute atomic E-state index is 0.0802. The van der Waals surface area contributed by atoms with Gasteiger partial charge in [0.05, 0.1) is 18.8 Å². The second-order valence-corrected chi connectivity index (χ2v) is 10.5. The summed E-state index contributed by atoms with van der Waals surface area (Å²) < 4.78 is 25.4. The second kappa shape index (κ2) is 11.4. The molecule has 1 aliphatic heterocycles. The van der Waals surface area contributed by atoms with E-state index < -0.39 is 11.7 Å². The van der Waals surface area contributed by atoms with Gasteiger partial charge in [-0.1, -0.05) is 17.7 Å². The van der Waals surface area contributed by atoms with Crippen LogP contribution in [0.25, 0.3) is 0 Å². The molecule has 0 spiro atoms. The maximum Gasteiger partial charge on any atom is 0.254 e. The Balaban J connectivity index is 1.37. The smallest absolute Gasteiger partial charge is 0.254 e. The topological polar surface area (TPSA) is 63.0 Å². The van der Waals surface area contributed by atoms with Gasteiger partial charge in [0.15, 0.2) is 0 Å². The van der Waals surface area contributed by atoms with E-state index in [-0.39, 0.29) is 37.2 Å². The fourth-order valence-corrected chi connectivity index (χ4v) is 5.65. The van der Waals surface area contributed by atoms with Gasteiger partial charge in [-0.15, -0.1) is 11.3 Å². The predicted molar refractivity (Wildman–Crippen MR) is 144 cm³/mol. The maximum atomic E-state index is 13.9. The lowest BCUT2D eigenvalue weighted by Gasteiger charge is -2.37. The number of ether oxygens (including phenoxy) is 1. The molecular formula is C29H26ClFN2O4S. The van der Waals surface area contributed by atoms with Gasteiger partial charge in [0.2, 0.25) is 5.91 Å². The average Bonchev–Trinajstić information content (AvgIpc) is 3.60. The molecule has 3 heterocycles. The molecule has 1 aliphatic rings. The standard InChI is InChI=1S/C29H26ClFN2O4S/c1-19-14-22(7-8-25(19)30)37-18-26-24-10-13-38-27(24)9-11-33(26)28(34)17-32(16-23-6-3-12-36-23)29(35)20-4-2-5-21(31)15-20/h2-8,10,12-15,26H,9,11,16-18H2,1H3/t26-/m1/s1. The van der Waals surface area contributed by atoms with Crippen LogP contribution in [0.3, 0.4) is 0 Å². The highest BCUT2D eigenvalue weighted by Gasteiger charge is 2.34. The number of aryl methyl sites for hydroxylation is 1. The monoisotopic (exact) mass is 552 g/mol. The molecule has 2 amide bonds. The van der Waals surface area contributed by atoms with Crippen molar-refractivity contribution in [2.75, 3.05) is 19.7 Å². The van der Waals surface area contributed by atoms with E-state index in [9.17, 15) is 14.0 Å². The summed E-state index contributed by atoms with van der Waals surface area (Å²) >= 11 is 7.82. The Bertz CT molecular complexity index is 1440. The Kier molecular flexibility index (Phi) is 7.81. The number of rotatable bonds is 8. The first-order chi connectivity index (χ1) is 18.4. The largest absolute Gasteiger partial charge is 0.491 e. The molecule has 38 heavy (non-hydrogen) atoms. The maximum absolute atomic E-state index is 13.9. The zero-order chi connectivity index (χ0) is 26.6. The van der Waals surface area contributed by atoms with Gasteiger partial charge < -0.3 is 19.0 Å². The summed E-state index contributed by atoms with van der Waals surface area (Å²) in [6, 6.07) is 16.1. The molecule has 9 heteroatoms. The van der Waals surface area contributed by atoms with E-state index >= 15 is 0 Å². The zero-order valence-electron chi connectivity index (χ0n) is 20.7. The molecule has 0 radical (unpaired) electrons. The fourth-order valence-electron chi connectivity index (χ4n) is 4.61. The first kappa shape index (κ1) is 26.0. The highest BCUT2D eigenvalue weighted by molar-refractivity contribution is 7.10. The molecule has 0 bridgehead atoms. The van der Waals surface area contributed by atoms with Crippen LogP contribution in [0.4, 0.5) is 4.39 Å².